The molecule has 0 atom stereocenters. The number of rotatable bonds is 3. The molecule has 1 aromatic heterocycles. The molecular formula is C19H19ClN2O. The van der Waals surface area contributed by atoms with Crippen LogP contribution in [0.4, 0.5) is 5.69 Å². The lowest BCUT2D eigenvalue weighted by molar-refractivity contribution is 0.0985. The molecule has 0 aliphatic rings. The van der Waals surface area contributed by atoms with Crippen molar-refractivity contribution in [2.24, 2.45) is 7.05 Å². The van der Waals surface area contributed by atoms with Crippen LogP contribution < -0.4 is 4.90 Å². The molecule has 3 rings (SSSR count). The number of carbonyl (C=O) groups excluding carboxylic acids is 1. The Bertz CT molecular complexity index is 882. The fourth-order valence-electron chi connectivity index (χ4n) is 2.80. The molecule has 0 aliphatic carbocycles. The number of fused-ring (bicyclic) bond motifs is 1. The number of hydrogen-bond donors (Lipinski definition) is 0. The van der Waals surface area contributed by atoms with Gasteiger partial charge in [-0.15, -0.1) is 0 Å². The van der Waals surface area contributed by atoms with Gasteiger partial charge in [0.1, 0.15) is 5.69 Å². The van der Waals surface area contributed by atoms with Gasteiger partial charge in [-0.2, -0.15) is 0 Å². The van der Waals surface area contributed by atoms with E-state index in [1.165, 1.54) is 5.56 Å². The highest BCUT2D eigenvalue weighted by Crippen LogP contribution is 2.25. The van der Waals surface area contributed by atoms with E-state index in [4.69, 9.17) is 11.6 Å². The molecule has 3 aromatic rings. The first-order valence-electron chi connectivity index (χ1n) is 7.63. The Hall–Kier alpha value is -2.26. The molecule has 3 nitrogen and oxygen atoms in total. The van der Waals surface area contributed by atoms with Crippen LogP contribution in [-0.2, 0) is 13.5 Å². The Balaban J connectivity index is 2.00. The number of hydrogen-bond acceptors (Lipinski definition) is 1. The number of aromatic nitrogens is 1. The van der Waals surface area contributed by atoms with Crippen molar-refractivity contribution >= 4 is 34.1 Å². The van der Waals surface area contributed by atoms with E-state index in [0.717, 1.165) is 23.0 Å². The quantitative estimate of drug-likeness (QED) is 0.686. The molecule has 0 spiro atoms. The molecule has 118 valence electrons. The lowest BCUT2D eigenvalue weighted by Crippen LogP contribution is -2.28. The summed E-state index contributed by atoms with van der Waals surface area (Å²) in [6.07, 6.45) is 0.947. The number of amides is 1. The van der Waals surface area contributed by atoms with Gasteiger partial charge < -0.3 is 9.47 Å². The lowest BCUT2D eigenvalue weighted by atomic mass is 10.1. The summed E-state index contributed by atoms with van der Waals surface area (Å²) >= 11 is 6.05. The third-order valence-electron chi connectivity index (χ3n) is 4.23. The van der Waals surface area contributed by atoms with Crippen molar-refractivity contribution in [1.29, 1.82) is 0 Å². The number of benzene rings is 2. The SMILES string of the molecule is CCc1cccc(N(C)C(=O)c2cc3cc(Cl)ccc3n2C)c1. The summed E-state index contributed by atoms with van der Waals surface area (Å²) in [5, 5.41) is 1.64. The van der Waals surface area contributed by atoms with E-state index in [0.29, 0.717) is 10.7 Å². The summed E-state index contributed by atoms with van der Waals surface area (Å²) in [6, 6.07) is 15.6. The normalized spacial score (nSPS) is 11.0. The highest BCUT2D eigenvalue weighted by atomic mass is 35.5. The second kappa shape index (κ2) is 6.09. The predicted octanol–water partition coefficient (Wildman–Crippen LogP) is 4.67. The lowest BCUT2D eigenvalue weighted by Gasteiger charge is -2.18. The van der Waals surface area contributed by atoms with E-state index in [2.05, 4.69) is 19.1 Å². The summed E-state index contributed by atoms with van der Waals surface area (Å²) in [4.78, 5) is 14.6. The minimum Gasteiger partial charge on any atom is -0.340 e. The fourth-order valence-corrected chi connectivity index (χ4v) is 2.98. The van der Waals surface area contributed by atoms with Gasteiger partial charge in [-0.05, 0) is 48.4 Å². The van der Waals surface area contributed by atoms with Crippen molar-refractivity contribution in [3.05, 3.63) is 64.8 Å². The molecule has 0 aliphatic heterocycles. The fraction of sp³-hybridized carbons (Fsp3) is 0.211. The van der Waals surface area contributed by atoms with Crippen LogP contribution >= 0.6 is 11.6 Å². The minimum atomic E-state index is -0.0342. The van der Waals surface area contributed by atoms with Crippen LogP contribution in [0.5, 0.6) is 0 Å². The monoisotopic (exact) mass is 326 g/mol. The Kier molecular flexibility index (Phi) is 4.14. The number of halogens is 1. The van der Waals surface area contributed by atoms with Crippen LogP contribution in [0.3, 0.4) is 0 Å². The van der Waals surface area contributed by atoms with Gasteiger partial charge >= 0.3 is 0 Å². The first-order valence-corrected chi connectivity index (χ1v) is 8.01. The van der Waals surface area contributed by atoms with Crippen molar-refractivity contribution < 1.29 is 4.79 Å². The second-order valence-corrected chi connectivity index (χ2v) is 6.12. The summed E-state index contributed by atoms with van der Waals surface area (Å²) in [7, 11) is 3.71. The molecule has 0 saturated heterocycles. The second-order valence-electron chi connectivity index (χ2n) is 5.68. The molecule has 1 heterocycles. The van der Waals surface area contributed by atoms with E-state index in [1.54, 1.807) is 4.90 Å². The largest absolute Gasteiger partial charge is 0.340 e. The maximum Gasteiger partial charge on any atom is 0.274 e. The first-order chi connectivity index (χ1) is 11.0. The maximum absolute atomic E-state index is 12.9. The van der Waals surface area contributed by atoms with Crippen molar-refractivity contribution in [2.45, 2.75) is 13.3 Å². The van der Waals surface area contributed by atoms with E-state index >= 15 is 0 Å². The molecule has 0 radical (unpaired) electrons. The van der Waals surface area contributed by atoms with Gasteiger partial charge in [0.05, 0.1) is 0 Å². The number of anilines is 1. The van der Waals surface area contributed by atoms with Gasteiger partial charge in [0.2, 0.25) is 0 Å². The average Bonchev–Trinajstić information content (AvgIpc) is 2.89. The molecule has 0 saturated carbocycles. The van der Waals surface area contributed by atoms with Crippen LogP contribution in [0.25, 0.3) is 10.9 Å². The van der Waals surface area contributed by atoms with Crippen LogP contribution in [0, 0.1) is 0 Å². The molecule has 0 fully saturated rings. The van der Waals surface area contributed by atoms with Crippen molar-refractivity contribution in [3.8, 4) is 0 Å². The van der Waals surface area contributed by atoms with Crippen molar-refractivity contribution in [2.75, 3.05) is 11.9 Å². The molecule has 2 aromatic carbocycles. The molecule has 0 unspecified atom stereocenters. The van der Waals surface area contributed by atoms with Gasteiger partial charge in [-0.1, -0.05) is 30.7 Å². The van der Waals surface area contributed by atoms with Gasteiger partial charge in [0.25, 0.3) is 5.91 Å². The van der Waals surface area contributed by atoms with Gasteiger partial charge in [0, 0.05) is 35.7 Å². The summed E-state index contributed by atoms with van der Waals surface area (Å²) < 4.78 is 1.91. The first kappa shape index (κ1) is 15.6. The highest BCUT2D eigenvalue weighted by Gasteiger charge is 2.18. The summed E-state index contributed by atoms with van der Waals surface area (Å²) in [6.45, 7) is 2.11. The number of nitrogens with zero attached hydrogens (tertiary/aromatic N) is 2. The van der Waals surface area contributed by atoms with E-state index < -0.39 is 0 Å². The standard InChI is InChI=1S/C19H19ClN2O/c1-4-13-6-5-7-16(10-13)21(2)19(23)18-12-14-11-15(20)8-9-17(14)22(18)3/h5-12H,4H2,1-3H3. The Morgan fingerprint density at radius 2 is 1.96 bits per heavy atom. The third kappa shape index (κ3) is 2.84. The van der Waals surface area contributed by atoms with Crippen LogP contribution in [0.2, 0.25) is 5.02 Å². The molecule has 1 amide bonds. The zero-order valence-corrected chi connectivity index (χ0v) is 14.3. The van der Waals surface area contributed by atoms with Gasteiger partial charge in [-0.3, -0.25) is 4.79 Å². The van der Waals surface area contributed by atoms with Gasteiger partial charge in [0.15, 0.2) is 0 Å². The molecule has 4 heteroatoms. The average molecular weight is 327 g/mol. The molecule has 0 bridgehead atoms. The van der Waals surface area contributed by atoms with E-state index in [1.807, 2.05) is 55.1 Å². The zero-order valence-electron chi connectivity index (χ0n) is 13.5. The zero-order chi connectivity index (χ0) is 16.6. The summed E-state index contributed by atoms with van der Waals surface area (Å²) in [5.74, 6) is -0.0342. The summed E-state index contributed by atoms with van der Waals surface area (Å²) in [5.41, 5.74) is 3.75. The third-order valence-corrected chi connectivity index (χ3v) is 4.47. The molecule has 23 heavy (non-hydrogen) atoms. The minimum absolute atomic E-state index is 0.0342. The number of carbonyl (C=O) groups is 1. The predicted molar refractivity (Wildman–Crippen MR) is 96.5 cm³/mol. The van der Waals surface area contributed by atoms with Crippen molar-refractivity contribution in [3.63, 3.8) is 0 Å². The Morgan fingerprint density at radius 3 is 2.70 bits per heavy atom. The maximum atomic E-state index is 12.9. The topological polar surface area (TPSA) is 25.2 Å². The van der Waals surface area contributed by atoms with Crippen LogP contribution in [-0.4, -0.2) is 17.5 Å². The smallest absolute Gasteiger partial charge is 0.274 e. The van der Waals surface area contributed by atoms with Crippen LogP contribution in [0.1, 0.15) is 23.0 Å². The Labute approximate surface area is 141 Å². The number of aryl methyl sites for hydroxylation is 2. The van der Waals surface area contributed by atoms with E-state index in [9.17, 15) is 4.79 Å². The molecular weight excluding hydrogens is 308 g/mol. The van der Waals surface area contributed by atoms with Crippen molar-refractivity contribution in [1.82, 2.24) is 4.57 Å². The molecule has 0 N–H and O–H groups in total. The van der Waals surface area contributed by atoms with Crippen LogP contribution in [0.15, 0.2) is 48.5 Å². The van der Waals surface area contributed by atoms with E-state index in [-0.39, 0.29) is 5.91 Å². The Morgan fingerprint density at radius 1 is 1.17 bits per heavy atom. The van der Waals surface area contributed by atoms with Gasteiger partial charge in [-0.25, -0.2) is 0 Å². The highest BCUT2D eigenvalue weighted by molar-refractivity contribution is 6.31.